The second kappa shape index (κ2) is 13.0. The lowest BCUT2D eigenvalue weighted by atomic mass is 10.0. The average Bonchev–Trinajstić information content (AvgIpc) is 2.80. The third-order valence-electron chi connectivity index (χ3n) is 5.10. The molecule has 6 nitrogen and oxygen atoms in total. The van der Waals surface area contributed by atoms with E-state index in [9.17, 15) is 9.67 Å². The normalized spacial score (nSPS) is 14.5. The molecule has 176 valence electrons. The molecule has 0 saturated carbocycles. The number of aliphatic hydroxyl groups excluding tert-OH is 1. The lowest BCUT2D eigenvalue weighted by Gasteiger charge is -2.39. The molecule has 0 spiro atoms. The highest BCUT2D eigenvalue weighted by molar-refractivity contribution is 7.61. The first-order valence-electron chi connectivity index (χ1n) is 11.3. The highest BCUT2D eigenvalue weighted by Gasteiger charge is 2.53. The fourth-order valence-corrected chi connectivity index (χ4v) is 6.40. The van der Waals surface area contributed by atoms with Crippen molar-refractivity contribution >= 4 is 13.1 Å². The van der Waals surface area contributed by atoms with Crippen LogP contribution in [0.15, 0.2) is 65.7 Å². The van der Waals surface area contributed by atoms with Crippen molar-refractivity contribution in [2.45, 2.75) is 51.8 Å². The van der Waals surface area contributed by atoms with Crippen LogP contribution in [0, 0.1) is 0 Å². The summed E-state index contributed by atoms with van der Waals surface area (Å²) in [6, 6.07) is 19.6. The quantitative estimate of drug-likeness (QED) is 0.222. The van der Waals surface area contributed by atoms with Gasteiger partial charge in [-0.3, -0.25) is 9.56 Å². The van der Waals surface area contributed by atoms with E-state index in [4.69, 9.17) is 19.0 Å². The minimum atomic E-state index is -3.65. The molecule has 0 aliphatic heterocycles. The highest BCUT2D eigenvalue weighted by atomic mass is 31.2. The van der Waals surface area contributed by atoms with Crippen molar-refractivity contribution < 1.29 is 23.7 Å². The minimum Gasteiger partial charge on any atom is -0.396 e. The maximum Gasteiger partial charge on any atom is 0.284 e. The van der Waals surface area contributed by atoms with Gasteiger partial charge in [0.15, 0.2) is 0 Å². The van der Waals surface area contributed by atoms with Gasteiger partial charge in [0.05, 0.1) is 12.3 Å². The number of ether oxygens (including phenoxy) is 2. The smallest absolute Gasteiger partial charge is 0.284 e. The van der Waals surface area contributed by atoms with Gasteiger partial charge in [0.1, 0.15) is 5.78 Å². The zero-order valence-electron chi connectivity index (χ0n) is 19.6. The van der Waals surface area contributed by atoms with Crippen molar-refractivity contribution in [3.63, 3.8) is 0 Å². The van der Waals surface area contributed by atoms with Gasteiger partial charge in [-0.1, -0.05) is 60.7 Å². The molecule has 0 heterocycles. The second-order valence-corrected chi connectivity index (χ2v) is 10.2. The van der Waals surface area contributed by atoms with Crippen LogP contribution in [0.3, 0.4) is 0 Å². The van der Waals surface area contributed by atoms with Gasteiger partial charge in [0.2, 0.25) is 5.53 Å². The second-order valence-electron chi connectivity index (χ2n) is 7.33. The number of nitrogens with zero attached hydrogens (tertiary/aromatic N) is 1. The number of benzene rings is 2. The van der Waals surface area contributed by atoms with Crippen molar-refractivity contribution in [2.75, 3.05) is 26.4 Å². The monoisotopic (exact) mass is 461 g/mol. The van der Waals surface area contributed by atoms with E-state index in [2.05, 4.69) is 0 Å². The summed E-state index contributed by atoms with van der Waals surface area (Å²) >= 11 is 0. The number of hydrogen-bond acceptors (Lipinski definition) is 6. The van der Waals surface area contributed by atoms with E-state index in [1.807, 2.05) is 74.5 Å². The molecule has 0 radical (unpaired) electrons. The highest BCUT2D eigenvalue weighted by Crippen LogP contribution is 2.65. The van der Waals surface area contributed by atoms with E-state index in [0.29, 0.717) is 31.8 Å². The summed E-state index contributed by atoms with van der Waals surface area (Å²) in [7, 11) is -3.65. The Morgan fingerprint density at radius 2 is 1.44 bits per heavy atom. The molecule has 0 fully saturated rings. The molecule has 0 unspecified atom stereocenters. The molecule has 1 N–H and O–H groups in total. The van der Waals surface area contributed by atoms with E-state index in [0.717, 1.165) is 11.1 Å². The van der Waals surface area contributed by atoms with Crippen LogP contribution in [0.4, 0.5) is 0 Å². The predicted octanol–water partition coefficient (Wildman–Crippen LogP) is 5.68. The van der Waals surface area contributed by atoms with Gasteiger partial charge in [0, 0.05) is 30.9 Å². The van der Waals surface area contributed by atoms with Crippen molar-refractivity contribution in [2.24, 2.45) is 4.99 Å². The number of hydrogen-bond donors (Lipinski definition) is 1. The molecule has 7 heteroatoms. The van der Waals surface area contributed by atoms with E-state index < -0.39 is 18.7 Å². The van der Waals surface area contributed by atoms with Gasteiger partial charge in [-0.05, 0) is 40.5 Å². The molecule has 2 atom stereocenters. The summed E-state index contributed by atoms with van der Waals surface area (Å²) in [5.74, 6) is -0.756. The Morgan fingerprint density at radius 3 is 1.84 bits per heavy atom. The molecular formula is C25H36NO5P. The molecule has 2 aromatic rings. The van der Waals surface area contributed by atoms with Gasteiger partial charge in [-0.15, -0.1) is 0 Å². The van der Waals surface area contributed by atoms with Gasteiger partial charge in [-0.25, -0.2) is 0 Å². The molecule has 0 saturated heterocycles. The third kappa shape index (κ3) is 6.37. The Hall–Kier alpha value is -1.82. The Bertz CT molecular complexity index is 825. The molecule has 0 aromatic heterocycles. The lowest BCUT2D eigenvalue weighted by Crippen LogP contribution is -2.37. The first-order valence-corrected chi connectivity index (χ1v) is 13.0. The van der Waals surface area contributed by atoms with E-state index in [1.54, 1.807) is 13.8 Å². The molecule has 0 aliphatic rings. The SMILES string of the molecule is CCOC(C)(OCC)[P@@](=O)(OCC)[C@H](CCCO)N=C(c1ccccc1)c1ccccc1. The average molecular weight is 462 g/mol. The Balaban J connectivity index is 2.71. The predicted molar refractivity (Wildman–Crippen MR) is 130 cm³/mol. The fraction of sp³-hybridized carbons (Fsp3) is 0.480. The van der Waals surface area contributed by atoms with Gasteiger partial charge >= 0.3 is 0 Å². The minimum absolute atomic E-state index is 0.0376. The van der Waals surface area contributed by atoms with Crippen molar-refractivity contribution in [1.82, 2.24) is 0 Å². The van der Waals surface area contributed by atoms with Crippen LogP contribution < -0.4 is 0 Å². The van der Waals surface area contributed by atoms with Crippen LogP contribution in [0.2, 0.25) is 0 Å². The largest absolute Gasteiger partial charge is 0.396 e. The number of aliphatic hydroxyl groups is 1. The topological polar surface area (TPSA) is 77.4 Å². The number of rotatable bonds is 14. The van der Waals surface area contributed by atoms with Crippen molar-refractivity contribution in [1.29, 1.82) is 0 Å². The Morgan fingerprint density at radius 1 is 0.938 bits per heavy atom. The Labute approximate surface area is 192 Å². The van der Waals surface area contributed by atoms with Crippen molar-refractivity contribution in [3.8, 4) is 0 Å². The maximum absolute atomic E-state index is 14.6. The van der Waals surface area contributed by atoms with Crippen molar-refractivity contribution in [3.05, 3.63) is 71.8 Å². The van der Waals surface area contributed by atoms with Crippen LogP contribution in [0.1, 0.15) is 51.7 Å². The maximum atomic E-state index is 14.6. The zero-order valence-corrected chi connectivity index (χ0v) is 20.5. The summed E-state index contributed by atoms with van der Waals surface area (Å²) in [5.41, 5.74) is 1.08. The van der Waals surface area contributed by atoms with E-state index >= 15 is 0 Å². The molecule has 0 aliphatic carbocycles. The van der Waals surface area contributed by atoms with E-state index in [1.165, 1.54) is 0 Å². The number of aliphatic imine (C=N–C) groups is 1. The molecule has 2 rings (SSSR count). The first kappa shape index (κ1) is 26.4. The van der Waals surface area contributed by atoms with Crippen LogP contribution in [-0.2, 0) is 18.6 Å². The summed E-state index contributed by atoms with van der Waals surface area (Å²) < 4.78 is 32.3. The first-order chi connectivity index (χ1) is 15.5. The molecular weight excluding hydrogens is 425 g/mol. The molecule has 0 amide bonds. The summed E-state index contributed by atoms with van der Waals surface area (Å²) in [6.45, 7) is 7.95. The van der Waals surface area contributed by atoms with Gasteiger partial charge in [0.25, 0.3) is 7.37 Å². The third-order valence-corrected chi connectivity index (χ3v) is 8.29. The molecule has 32 heavy (non-hydrogen) atoms. The van der Waals surface area contributed by atoms with Gasteiger partial charge < -0.3 is 19.1 Å². The van der Waals surface area contributed by atoms with Crippen LogP contribution in [0.5, 0.6) is 0 Å². The van der Waals surface area contributed by atoms with Crippen LogP contribution in [-0.4, -0.2) is 48.6 Å². The Kier molecular flexibility index (Phi) is 10.8. The fourth-order valence-electron chi connectivity index (χ4n) is 3.66. The van der Waals surface area contributed by atoms with Crippen LogP contribution in [0.25, 0.3) is 0 Å². The van der Waals surface area contributed by atoms with Crippen LogP contribution >= 0.6 is 7.37 Å². The summed E-state index contributed by atoms with van der Waals surface area (Å²) in [5, 5.41) is 9.55. The lowest BCUT2D eigenvalue weighted by molar-refractivity contribution is -0.168. The zero-order chi connectivity index (χ0) is 23.5. The van der Waals surface area contributed by atoms with Gasteiger partial charge in [-0.2, -0.15) is 0 Å². The molecule has 0 bridgehead atoms. The molecule has 2 aromatic carbocycles. The van der Waals surface area contributed by atoms with E-state index in [-0.39, 0.29) is 13.2 Å². The summed E-state index contributed by atoms with van der Waals surface area (Å²) in [6.07, 6.45) is 0.795. The summed E-state index contributed by atoms with van der Waals surface area (Å²) in [4.78, 5) is 5.03. The standard InChI is InChI=1S/C25H36NO5P/c1-5-29-25(4,30-6-2)32(28,31-7-3)23(19-14-20-27)26-24(21-15-10-8-11-16-21)22-17-12-9-13-18-22/h8-13,15-18,23,27H,5-7,14,19-20H2,1-4H3/t23-,32+/m1/s1.